The van der Waals surface area contributed by atoms with E-state index in [-0.39, 0.29) is 11.4 Å². The molecule has 0 amide bonds. The zero-order valence-corrected chi connectivity index (χ0v) is 19.3. The van der Waals surface area contributed by atoms with Gasteiger partial charge in [-0.25, -0.2) is 9.97 Å². The van der Waals surface area contributed by atoms with Crippen LogP contribution in [0.15, 0.2) is 40.5 Å². The summed E-state index contributed by atoms with van der Waals surface area (Å²) < 4.78 is 6.01. The minimum absolute atomic E-state index is 0.123. The lowest BCUT2D eigenvalue weighted by Gasteiger charge is -2.30. The Bertz CT molecular complexity index is 1030. The maximum atomic E-state index is 12.7. The van der Waals surface area contributed by atoms with Gasteiger partial charge >= 0.3 is 0 Å². The van der Waals surface area contributed by atoms with E-state index in [0.29, 0.717) is 12.4 Å². The minimum atomic E-state index is -0.196. The number of thiophene rings is 1. The van der Waals surface area contributed by atoms with Crippen molar-refractivity contribution in [2.24, 2.45) is 0 Å². The van der Waals surface area contributed by atoms with Gasteiger partial charge in [-0.1, -0.05) is 60.8 Å². The van der Waals surface area contributed by atoms with Crippen molar-refractivity contribution < 1.29 is 9.53 Å². The highest BCUT2D eigenvalue weighted by atomic mass is 32.2. The molecule has 1 aliphatic rings. The van der Waals surface area contributed by atoms with Crippen molar-refractivity contribution in [2.75, 3.05) is 11.5 Å². The molecule has 1 aliphatic heterocycles. The molecule has 0 spiro atoms. The molecule has 0 saturated heterocycles. The van der Waals surface area contributed by atoms with Crippen LogP contribution in [0, 0.1) is 0 Å². The van der Waals surface area contributed by atoms with E-state index < -0.39 is 0 Å². The summed E-state index contributed by atoms with van der Waals surface area (Å²) >= 11 is 4.92. The molecular weight excluding hydrogens is 420 g/mol. The van der Waals surface area contributed by atoms with Gasteiger partial charge in [-0.05, 0) is 25.8 Å². The summed E-state index contributed by atoms with van der Waals surface area (Å²) in [5.74, 6) is 1.48. The Balaban J connectivity index is 1.69. The molecular formula is C22H24N2O2S3. The topological polar surface area (TPSA) is 52.1 Å². The normalized spacial score (nSPS) is 15.4. The molecule has 1 aromatic carbocycles. The third-order valence-electron chi connectivity index (χ3n) is 4.75. The molecule has 4 rings (SSSR count). The lowest BCUT2D eigenvalue weighted by atomic mass is 9.95. The standard InChI is InChI=1S/C22H24N2O2S3/c1-4-10-27-21-23-19(28-13-16(25)14-8-6-5-7-9-14)18-15-11-22(2,3)26-12-17(15)29-20(18)24-21/h5-9H,4,10-13H2,1-3H3. The van der Waals surface area contributed by atoms with Crippen molar-refractivity contribution in [3.63, 3.8) is 0 Å². The second kappa shape index (κ2) is 8.76. The van der Waals surface area contributed by atoms with Crippen LogP contribution in [0.1, 0.15) is 48.0 Å². The number of nitrogens with zero attached hydrogens (tertiary/aromatic N) is 2. The van der Waals surface area contributed by atoms with Gasteiger partial charge in [-0.15, -0.1) is 11.3 Å². The molecule has 3 aromatic rings. The Morgan fingerprint density at radius 1 is 1.21 bits per heavy atom. The first-order chi connectivity index (χ1) is 14.0. The van der Waals surface area contributed by atoms with Crippen LogP contribution in [0.2, 0.25) is 0 Å². The predicted octanol–water partition coefficient (Wildman–Crippen LogP) is 6.02. The minimum Gasteiger partial charge on any atom is -0.370 e. The lowest BCUT2D eigenvalue weighted by Crippen LogP contribution is -2.31. The highest BCUT2D eigenvalue weighted by Crippen LogP contribution is 2.42. The van der Waals surface area contributed by atoms with Gasteiger partial charge in [0.05, 0.1) is 18.0 Å². The molecule has 0 bridgehead atoms. The van der Waals surface area contributed by atoms with Crippen LogP contribution >= 0.6 is 34.9 Å². The summed E-state index contributed by atoms with van der Waals surface area (Å²) in [4.78, 5) is 24.6. The number of carbonyl (C=O) groups excluding carboxylic acids is 1. The van der Waals surface area contributed by atoms with E-state index in [9.17, 15) is 4.79 Å². The lowest BCUT2D eigenvalue weighted by molar-refractivity contribution is -0.0379. The molecule has 0 radical (unpaired) electrons. The molecule has 0 N–H and O–H groups in total. The summed E-state index contributed by atoms with van der Waals surface area (Å²) in [7, 11) is 0. The molecule has 0 fully saturated rings. The van der Waals surface area contributed by atoms with Crippen LogP contribution in [0.5, 0.6) is 0 Å². The van der Waals surface area contributed by atoms with Gasteiger partial charge < -0.3 is 4.74 Å². The number of rotatable bonds is 7. The average molecular weight is 445 g/mol. The molecule has 0 aliphatic carbocycles. The fraction of sp³-hybridized carbons (Fsp3) is 0.409. The number of ether oxygens (including phenoxy) is 1. The number of thioether (sulfide) groups is 2. The first kappa shape index (κ1) is 20.8. The predicted molar refractivity (Wildman–Crippen MR) is 122 cm³/mol. The highest BCUT2D eigenvalue weighted by molar-refractivity contribution is 8.00. The van der Waals surface area contributed by atoms with Crippen molar-refractivity contribution >= 4 is 50.9 Å². The number of aromatic nitrogens is 2. The molecule has 0 atom stereocenters. The number of Topliss-reactive ketones (excluding diaryl/α,β-unsaturated/α-hetero) is 1. The number of carbonyl (C=O) groups is 1. The fourth-order valence-corrected chi connectivity index (χ4v) is 6.23. The average Bonchev–Trinajstić information content (AvgIpc) is 3.07. The molecule has 2 aromatic heterocycles. The van der Waals surface area contributed by atoms with Crippen LogP contribution in [0.4, 0.5) is 0 Å². The summed E-state index contributed by atoms with van der Waals surface area (Å²) in [5.41, 5.74) is 1.84. The Labute approximate surface area is 183 Å². The molecule has 4 nitrogen and oxygen atoms in total. The maximum absolute atomic E-state index is 12.7. The summed E-state index contributed by atoms with van der Waals surface area (Å²) in [6.07, 6.45) is 1.91. The third-order valence-corrected chi connectivity index (χ3v) is 7.88. The van der Waals surface area contributed by atoms with Crippen LogP contribution in [0.25, 0.3) is 10.2 Å². The first-order valence-corrected chi connectivity index (χ1v) is 12.6. The molecule has 0 unspecified atom stereocenters. The SMILES string of the molecule is CCCSc1nc(SCC(=O)c2ccccc2)c2c3c(sc2n1)COC(C)(C)C3. The molecule has 7 heteroatoms. The van der Waals surface area contributed by atoms with E-state index >= 15 is 0 Å². The van der Waals surface area contributed by atoms with Gasteiger partial charge in [0.15, 0.2) is 10.9 Å². The van der Waals surface area contributed by atoms with Gasteiger partial charge in [0.1, 0.15) is 9.86 Å². The van der Waals surface area contributed by atoms with E-state index in [1.165, 1.54) is 22.2 Å². The second-order valence-corrected chi connectivity index (χ2v) is 10.8. The van der Waals surface area contributed by atoms with Crippen molar-refractivity contribution in [3.8, 4) is 0 Å². The van der Waals surface area contributed by atoms with Gasteiger partial charge in [0.2, 0.25) is 0 Å². The van der Waals surface area contributed by atoms with E-state index in [4.69, 9.17) is 14.7 Å². The van der Waals surface area contributed by atoms with E-state index in [1.807, 2.05) is 30.3 Å². The van der Waals surface area contributed by atoms with Gasteiger partial charge in [-0.3, -0.25) is 4.79 Å². The van der Waals surface area contributed by atoms with Gasteiger partial charge in [0, 0.05) is 28.0 Å². The van der Waals surface area contributed by atoms with Crippen LogP contribution < -0.4 is 0 Å². The quantitative estimate of drug-likeness (QED) is 0.192. The van der Waals surface area contributed by atoms with Crippen molar-refractivity contribution in [1.82, 2.24) is 9.97 Å². The second-order valence-electron chi connectivity index (χ2n) is 7.65. The van der Waals surface area contributed by atoms with Crippen molar-refractivity contribution in [1.29, 1.82) is 0 Å². The monoisotopic (exact) mass is 444 g/mol. The smallest absolute Gasteiger partial charge is 0.190 e. The third kappa shape index (κ3) is 4.68. The summed E-state index contributed by atoms with van der Waals surface area (Å²) in [6.45, 7) is 7.02. The summed E-state index contributed by atoms with van der Waals surface area (Å²) in [6, 6.07) is 9.46. The Kier molecular flexibility index (Phi) is 6.30. The van der Waals surface area contributed by atoms with E-state index in [1.54, 1.807) is 23.1 Å². The number of fused-ring (bicyclic) bond motifs is 3. The number of hydrogen-bond donors (Lipinski definition) is 0. The van der Waals surface area contributed by atoms with Gasteiger partial charge in [0.25, 0.3) is 0 Å². The van der Waals surface area contributed by atoms with E-state index in [0.717, 1.165) is 44.6 Å². The Morgan fingerprint density at radius 2 is 2.00 bits per heavy atom. The van der Waals surface area contributed by atoms with Gasteiger partial charge in [-0.2, -0.15) is 0 Å². The largest absolute Gasteiger partial charge is 0.370 e. The van der Waals surface area contributed by atoms with Crippen LogP contribution in [0.3, 0.4) is 0 Å². The van der Waals surface area contributed by atoms with E-state index in [2.05, 4.69) is 20.8 Å². The van der Waals surface area contributed by atoms with Crippen LogP contribution in [-0.4, -0.2) is 32.9 Å². The fourth-order valence-electron chi connectivity index (χ4n) is 3.30. The molecule has 0 saturated carbocycles. The maximum Gasteiger partial charge on any atom is 0.190 e. The zero-order valence-electron chi connectivity index (χ0n) is 16.9. The van der Waals surface area contributed by atoms with Crippen molar-refractivity contribution in [3.05, 3.63) is 46.3 Å². The Hall–Kier alpha value is -1.41. The number of ketones is 1. The number of hydrogen-bond acceptors (Lipinski definition) is 7. The molecule has 3 heterocycles. The number of benzene rings is 1. The summed E-state index contributed by atoms with van der Waals surface area (Å²) in [5, 5.41) is 2.84. The zero-order chi connectivity index (χ0) is 20.4. The molecule has 152 valence electrons. The van der Waals surface area contributed by atoms with Crippen molar-refractivity contribution in [2.45, 2.75) is 56.0 Å². The van der Waals surface area contributed by atoms with Crippen LogP contribution in [-0.2, 0) is 17.8 Å². The Morgan fingerprint density at radius 3 is 2.76 bits per heavy atom. The first-order valence-electron chi connectivity index (χ1n) is 9.77. The highest BCUT2D eigenvalue weighted by Gasteiger charge is 2.31. The molecule has 29 heavy (non-hydrogen) atoms.